The van der Waals surface area contributed by atoms with E-state index < -0.39 is 0 Å². The predicted molar refractivity (Wildman–Crippen MR) is 186 cm³/mol. The fraction of sp³-hybridized carbons (Fsp3) is 0. The number of fused-ring (bicyclic) bond motifs is 10. The smallest absolute Gasteiger partial charge is 0.164 e. The number of aromatic nitrogens is 3. The zero-order chi connectivity index (χ0) is 30.2. The third-order valence-corrected chi connectivity index (χ3v) is 8.92. The van der Waals surface area contributed by atoms with E-state index in [1.54, 1.807) is 0 Å². The maximum atomic E-state index is 6.51. The van der Waals surface area contributed by atoms with Crippen molar-refractivity contribution in [3.05, 3.63) is 140 Å². The molecule has 0 radical (unpaired) electrons. The molecule has 10 aromatic rings. The Kier molecular flexibility index (Phi) is 5.22. The van der Waals surface area contributed by atoms with Crippen molar-refractivity contribution in [2.45, 2.75) is 0 Å². The molecule has 0 saturated carbocycles. The molecule has 0 aliphatic rings. The van der Waals surface area contributed by atoms with Crippen LogP contribution in [0, 0.1) is 0 Å². The van der Waals surface area contributed by atoms with Gasteiger partial charge in [0.05, 0.1) is 0 Å². The van der Waals surface area contributed by atoms with Gasteiger partial charge in [-0.1, -0.05) is 115 Å². The lowest BCUT2D eigenvalue weighted by molar-refractivity contribution is 0.669. The average Bonchev–Trinajstić information content (AvgIpc) is 3.69. The molecule has 7 aromatic carbocycles. The van der Waals surface area contributed by atoms with E-state index in [2.05, 4.69) is 66.7 Å². The largest absolute Gasteiger partial charge is 0.456 e. The maximum absolute atomic E-state index is 6.51. The van der Waals surface area contributed by atoms with Crippen molar-refractivity contribution in [3.63, 3.8) is 0 Å². The van der Waals surface area contributed by atoms with Crippen LogP contribution in [-0.4, -0.2) is 15.0 Å². The fourth-order valence-electron chi connectivity index (χ4n) is 6.88. The number of benzene rings is 7. The van der Waals surface area contributed by atoms with Crippen molar-refractivity contribution in [2.24, 2.45) is 0 Å². The summed E-state index contributed by atoms with van der Waals surface area (Å²) in [5.74, 6) is 1.76. The molecule has 3 aromatic heterocycles. The fourth-order valence-corrected chi connectivity index (χ4v) is 6.88. The molecule has 10 rings (SSSR count). The molecule has 46 heavy (non-hydrogen) atoms. The van der Waals surface area contributed by atoms with Crippen LogP contribution < -0.4 is 0 Å². The number of furan rings is 2. The van der Waals surface area contributed by atoms with Crippen molar-refractivity contribution in [2.75, 3.05) is 0 Å². The number of hydrogen-bond acceptors (Lipinski definition) is 5. The van der Waals surface area contributed by atoms with Gasteiger partial charge in [0.25, 0.3) is 0 Å². The Hall–Kier alpha value is -6.33. The molecule has 0 N–H and O–H groups in total. The first-order valence-corrected chi connectivity index (χ1v) is 15.3. The summed E-state index contributed by atoms with van der Waals surface area (Å²) in [6.07, 6.45) is 0. The first-order valence-electron chi connectivity index (χ1n) is 15.3. The van der Waals surface area contributed by atoms with Gasteiger partial charge in [0, 0.05) is 43.6 Å². The Morgan fingerprint density at radius 1 is 0.348 bits per heavy atom. The Morgan fingerprint density at radius 2 is 0.957 bits per heavy atom. The summed E-state index contributed by atoms with van der Waals surface area (Å²) in [6.45, 7) is 0. The van der Waals surface area contributed by atoms with E-state index in [0.29, 0.717) is 17.5 Å². The van der Waals surface area contributed by atoms with Crippen LogP contribution >= 0.6 is 0 Å². The SMILES string of the molecule is c1ccc(-c2nc(-c3cc4oc5ccccc5c4c4c3ccc3ccccc34)nc(-c3cccc4oc5ccccc5c34)n2)cc1. The molecule has 0 aliphatic carbocycles. The van der Waals surface area contributed by atoms with E-state index in [1.807, 2.05) is 72.8 Å². The van der Waals surface area contributed by atoms with Crippen molar-refractivity contribution in [1.29, 1.82) is 0 Å². The molecule has 0 amide bonds. The highest BCUT2D eigenvalue weighted by molar-refractivity contribution is 6.29. The second kappa shape index (κ2) is 9.58. The molecule has 214 valence electrons. The molecule has 0 fully saturated rings. The second-order valence-electron chi connectivity index (χ2n) is 11.6. The minimum absolute atomic E-state index is 0.580. The summed E-state index contributed by atoms with van der Waals surface area (Å²) < 4.78 is 12.7. The van der Waals surface area contributed by atoms with Crippen LogP contribution in [0.5, 0.6) is 0 Å². The monoisotopic (exact) mass is 589 g/mol. The Balaban J connectivity index is 1.34. The van der Waals surface area contributed by atoms with Crippen molar-refractivity contribution < 1.29 is 8.83 Å². The number of nitrogens with zero attached hydrogens (tertiary/aromatic N) is 3. The normalized spacial score (nSPS) is 11.9. The van der Waals surface area contributed by atoms with E-state index in [0.717, 1.165) is 76.7 Å². The molecule has 5 heteroatoms. The molecule has 0 bridgehead atoms. The van der Waals surface area contributed by atoms with Crippen LogP contribution in [-0.2, 0) is 0 Å². The van der Waals surface area contributed by atoms with Crippen LogP contribution in [0.3, 0.4) is 0 Å². The Bertz CT molecular complexity index is 2810. The number of para-hydroxylation sites is 2. The van der Waals surface area contributed by atoms with Crippen LogP contribution in [0.2, 0.25) is 0 Å². The lowest BCUT2D eigenvalue weighted by atomic mass is 9.94. The minimum Gasteiger partial charge on any atom is -0.456 e. The lowest BCUT2D eigenvalue weighted by Crippen LogP contribution is -2.01. The van der Waals surface area contributed by atoms with Crippen LogP contribution in [0.1, 0.15) is 0 Å². The van der Waals surface area contributed by atoms with Gasteiger partial charge >= 0.3 is 0 Å². The van der Waals surface area contributed by atoms with Gasteiger partial charge < -0.3 is 8.83 Å². The molecule has 0 spiro atoms. The summed E-state index contributed by atoms with van der Waals surface area (Å²) in [5, 5.41) is 8.70. The molecule has 0 aliphatic heterocycles. The summed E-state index contributed by atoms with van der Waals surface area (Å²) >= 11 is 0. The topological polar surface area (TPSA) is 65.0 Å². The summed E-state index contributed by atoms with van der Waals surface area (Å²) in [6, 6.07) is 47.4. The molecule has 5 nitrogen and oxygen atoms in total. The van der Waals surface area contributed by atoms with Gasteiger partial charge in [-0.25, -0.2) is 15.0 Å². The van der Waals surface area contributed by atoms with E-state index >= 15 is 0 Å². The summed E-state index contributed by atoms with van der Waals surface area (Å²) in [5.41, 5.74) is 5.96. The molecule has 3 heterocycles. The van der Waals surface area contributed by atoms with E-state index in [4.69, 9.17) is 23.8 Å². The van der Waals surface area contributed by atoms with Crippen LogP contribution in [0.25, 0.3) is 99.6 Å². The molecule has 0 unspecified atom stereocenters. The van der Waals surface area contributed by atoms with Gasteiger partial charge in [0.1, 0.15) is 22.3 Å². The van der Waals surface area contributed by atoms with Crippen LogP contribution in [0.4, 0.5) is 0 Å². The Morgan fingerprint density at radius 3 is 1.76 bits per heavy atom. The van der Waals surface area contributed by atoms with Crippen LogP contribution in [0.15, 0.2) is 148 Å². The van der Waals surface area contributed by atoms with Gasteiger partial charge in [-0.15, -0.1) is 0 Å². The molecule has 0 saturated heterocycles. The second-order valence-corrected chi connectivity index (χ2v) is 11.6. The Labute approximate surface area is 262 Å². The molecular weight excluding hydrogens is 566 g/mol. The number of hydrogen-bond donors (Lipinski definition) is 0. The third-order valence-electron chi connectivity index (χ3n) is 8.92. The summed E-state index contributed by atoms with van der Waals surface area (Å²) in [4.78, 5) is 15.4. The minimum atomic E-state index is 0.580. The third kappa shape index (κ3) is 3.66. The van der Waals surface area contributed by atoms with E-state index in [1.165, 1.54) is 5.39 Å². The van der Waals surface area contributed by atoms with Gasteiger partial charge in [-0.2, -0.15) is 0 Å². The molecule has 0 atom stereocenters. The molecular formula is C41H23N3O2. The summed E-state index contributed by atoms with van der Waals surface area (Å²) in [7, 11) is 0. The van der Waals surface area contributed by atoms with E-state index in [9.17, 15) is 0 Å². The zero-order valence-corrected chi connectivity index (χ0v) is 24.4. The van der Waals surface area contributed by atoms with E-state index in [-0.39, 0.29) is 0 Å². The first-order chi connectivity index (χ1) is 22.8. The van der Waals surface area contributed by atoms with Gasteiger partial charge in [0.15, 0.2) is 17.5 Å². The highest BCUT2D eigenvalue weighted by Gasteiger charge is 2.21. The van der Waals surface area contributed by atoms with Gasteiger partial charge in [-0.05, 0) is 40.4 Å². The zero-order valence-electron chi connectivity index (χ0n) is 24.4. The lowest BCUT2D eigenvalue weighted by Gasteiger charge is -2.13. The standard InChI is InChI=1S/C41H23N3O2/c1-2-12-25(13-3-1)39-42-40(30-17-10-20-34-36(30)28-15-6-8-18-32(28)45-34)44-41(43-39)31-23-35-38(29-16-7-9-19-33(29)46-35)37-26-14-5-4-11-24(26)21-22-27(31)37/h1-23H. The van der Waals surface area contributed by atoms with Crippen molar-refractivity contribution in [1.82, 2.24) is 15.0 Å². The van der Waals surface area contributed by atoms with Crippen molar-refractivity contribution in [3.8, 4) is 34.2 Å². The maximum Gasteiger partial charge on any atom is 0.164 e. The predicted octanol–water partition coefficient (Wildman–Crippen LogP) is 11.0. The number of rotatable bonds is 3. The quantitative estimate of drug-likeness (QED) is 0.192. The highest BCUT2D eigenvalue weighted by atomic mass is 16.3. The highest BCUT2D eigenvalue weighted by Crippen LogP contribution is 2.43. The van der Waals surface area contributed by atoms with Crippen molar-refractivity contribution >= 4 is 65.4 Å². The van der Waals surface area contributed by atoms with Gasteiger partial charge in [-0.3, -0.25) is 0 Å². The average molecular weight is 590 g/mol. The van der Waals surface area contributed by atoms with Gasteiger partial charge in [0.2, 0.25) is 0 Å². The first kappa shape index (κ1) is 25.0.